The van der Waals surface area contributed by atoms with E-state index < -0.39 is 12.0 Å². The monoisotopic (exact) mass is 362 g/mol. The average molecular weight is 363 g/mol. The van der Waals surface area contributed by atoms with Crippen molar-refractivity contribution in [2.24, 2.45) is 5.73 Å². The van der Waals surface area contributed by atoms with Crippen molar-refractivity contribution in [3.05, 3.63) is 35.9 Å². The van der Waals surface area contributed by atoms with Crippen LogP contribution in [0, 0.1) is 0 Å². The molecule has 0 saturated carbocycles. The number of carbonyl (C=O) groups excluding carboxylic acids is 2. The zero-order valence-electron chi connectivity index (χ0n) is 16.0. The van der Waals surface area contributed by atoms with E-state index in [1.165, 1.54) is 38.5 Å². The van der Waals surface area contributed by atoms with Crippen LogP contribution in [0.25, 0.3) is 0 Å². The van der Waals surface area contributed by atoms with Crippen LogP contribution in [0.2, 0.25) is 0 Å². The van der Waals surface area contributed by atoms with E-state index in [0.717, 1.165) is 18.4 Å². The summed E-state index contributed by atoms with van der Waals surface area (Å²) >= 11 is 0. The lowest BCUT2D eigenvalue weighted by Gasteiger charge is -2.17. The molecule has 0 fully saturated rings. The van der Waals surface area contributed by atoms with Crippen LogP contribution in [0.4, 0.5) is 0 Å². The van der Waals surface area contributed by atoms with Gasteiger partial charge in [-0.05, 0) is 12.0 Å². The van der Waals surface area contributed by atoms with Gasteiger partial charge in [0.1, 0.15) is 6.04 Å². The van der Waals surface area contributed by atoms with Crippen molar-refractivity contribution >= 4 is 11.9 Å². The van der Waals surface area contributed by atoms with Crippen LogP contribution in [0.1, 0.15) is 63.9 Å². The molecule has 1 rings (SSSR count). The largest absolute Gasteiger partial charge is 0.464 e. The number of rotatable bonds is 14. The molecular formula is C21H34N2O3. The van der Waals surface area contributed by atoms with Crippen LogP contribution in [0.15, 0.2) is 30.3 Å². The first-order valence-corrected chi connectivity index (χ1v) is 9.87. The van der Waals surface area contributed by atoms with Crippen molar-refractivity contribution in [2.45, 2.75) is 70.8 Å². The first kappa shape index (κ1) is 22.2. The third kappa shape index (κ3) is 10.2. The second kappa shape index (κ2) is 14.3. The summed E-state index contributed by atoms with van der Waals surface area (Å²) in [4.78, 5) is 23.9. The molecule has 26 heavy (non-hydrogen) atoms. The molecule has 5 heteroatoms. The van der Waals surface area contributed by atoms with Gasteiger partial charge in [0.15, 0.2) is 0 Å². The fourth-order valence-electron chi connectivity index (χ4n) is 2.81. The van der Waals surface area contributed by atoms with Crippen molar-refractivity contribution < 1.29 is 14.3 Å². The topological polar surface area (TPSA) is 81.4 Å². The number of nitrogens with one attached hydrogen (secondary N) is 1. The molecule has 0 radical (unpaired) electrons. The van der Waals surface area contributed by atoms with Crippen molar-refractivity contribution in [3.8, 4) is 0 Å². The fourth-order valence-corrected chi connectivity index (χ4v) is 2.81. The number of benzene rings is 1. The molecule has 0 unspecified atom stereocenters. The molecule has 1 aromatic rings. The van der Waals surface area contributed by atoms with Gasteiger partial charge in [-0.2, -0.15) is 0 Å². The molecule has 0 aliphatic rings. The van der Waals surface area contributed by atoms with E-state index >= 15 is 0 Å². The number of amides is 1. The number of carbonyl (C=O) groups is 2. The highest BCUT2D eigenvalue weighted by Crippen LogP contribution is 2.09. The Kier molecular flexibility index (Phi) is 12.2. The maximum Gasteiger partial charge on any atom is 0.328 e. The molecule has 0 aliphatic heterocycles. The summed E-state index contributed by atoms with van der Waals surface area (Å²) in [7, 11) is 0. The van der Waals surface area contributed by atoms with E-state index in [1.54, 1.807) is 0 Å². The van der Waals surface area contributed by atoms with E-state index in [9.17, 15) is 9.59 Å². The number of ether oxygens (including phenoxy) is 1. The molecule has 0 heterocycles. The Morgan fingerprint density at radius 1 is 1.00 bits per heavy atom. The van der Waals surface area contributed by atoms with Gasteiger partial charge in [0.2, 0.25) is 5.91 Å². The summed E-state index contributed by atoms with van der Waals surface area (Å²) in [5.74, 6) is -0.742. The zero-order chi connectivity index (χ0) is 19.0. The summed E-state index contributed by atoms with van der Waals surface area (Å²) < 4.78 is 5.37. The highest BCUT2D eigenvalue weighted by molar-refractivity contribution is 5.85. The second-order valence-electron chi connectivity index (χ2n) is 6.66. The maximum atomic E-state index is 12.3. The van der Waals surface area contributed by atoms with E-state index in [0.29, 0.717) is 13.0 Å². The number of esters is 1. The van der Waals surface area contributed by atoms with Gasteiger partial charge in [-0.1, -0.05) is 82.2 Å². The van der Waals surface area contributed by atoms with Crippen LogP contribution in [-0.2, 0) is 20.7 Å². The van der Waals surface area contributed by atoms with Crippen LogP contribution >= 0.6 is 0 Å². The average Bonchev–Trinajstić information content (AvgIpc) is 2.66. The van der Waals surface area contributed by atoms with E-state index in [1.807, 2.05) is 30.3 Å². The molecule has 0 bridgehead atoms. The van der Waals surface area contributed by atoms with Crippen molar-refractivity contribution in [2.75, 3.05) is 13.2 Å². The minimum Gasteiger partial charge on any atom is -0.464 e. The Morgan fingerprint density at radius 2 is 1.62 bits per heavy atom. The van der Waals surface area contributed by atoms with E-state index in [-0.39, 0.29) is 12.5 Å². The predicted molar refractivity (Wildman–Crippen MR) is 105 cm³/mol. The van der Waals surface area contributed by atoms with Gasteiger partial charge >= 0.3 is 5.97 Å². The SMILES string of the molecule is CCCCCCCCCCOC(=O)[C@H](Cc1ccccc1)NC(=O)CN. The molecular weight excluding hydrogens is 328 g/mol. The normalized spacial score (nSPS) is 11.8. The minimum absolute atomic E-state index is 0.142. The van der Waals surface area contributed by atoms with Crippen molar-refractivity contribution in [1.82, 2.24) is 5.32 Å². The zero-order valence-corrected chi connectivity index (χ0v) is 16.0. The third-order valence-corrected chi connectivity index (χ3v) is 4.33. The Balaban J connectivity index is 2.30. The Bertz CT molecular complexity index is 505. The quantitative estimate of drug-likeness (QED) is 0.393. The third-order valence-electron chi connectivity index (χ3n) is 4.33. The molecule has 0 aromatic heterocycles. The van der Waals surface area contributed by atoms with Gasteiger partial charge in [-0.15, -0.1) is 0 Å². The Labute approximate surface area is 157 Å². The molecule has 0 spiro atoms. The van der Waals surface area contributed by atoms with Crippen LogP contribution in [0.5, 0.6) is 0 Å². The number of hydrogen-bond acceptors (Lipinski definition) is 4. The highest BCUT2D eigenvalue weighted by atomic mass is 16.5. The second-order valence-corrected chi connectivity index (χ2v) is 6.66. The molecule has 146 valence electrons. The summed E-state index contributed by atoms with van der Waals surface area (Å²) in [6, 6.07) is 8.88. The van der Waals surface area contributed by atoms with E-state index in [2.05, 4.69) is 12.2 Å². The molecule has 3 N–H and O–H groups in total. The van der Waals surface area contributed by atoms with Gasteiger partial charge in [0.05, 0.1) is 13.2 Å². The van der Waals surface area contributed by atoms with Crippen LogP contribution < -0.4 is 11.1 Å². The highest BCUT2D eigenvalue weighted by Gasteiger charge is 2.22. The van der Waals surface area contributed by atoms with Crippen molar-refractivity contribution in [1.29, 1.82) is 0 Å². The Hall–Kier alpha value is -1.88. The molecule has 1 atom stereocenters. The molecule has 0 saturated heterocycles. The standard InChI is InChI=1S/C21H34N2O3/c1-2-3-4-5-6-7-8-12-15-26-21(25)19(23-20(24)17-22)16-18-13-10-9-11-14-18/h9-11,13-14,19H,2-8,12,15-17,22H2,1H3,(H,23,24)/t19-/m0/s1. The summed E-state index contributed by atoms with van der Waals surface area (Å²) in [5.41, 5.74) is 6.32. The Morgan fingerprint density at radius 3 is 2.23 bits per heavy atom. The first-order chi connectivity index (χ1) is 12.7. The van der Waals surface area contributed by atoms with Gasteiger partial charge in [0.25, 0.3) is 0 Å². The van der Waals surface area contributed by atoms with Gasteiger partial charge in [-0.25, -0.2) is 4.79 Å². The summed E-state index contributed by atoms with van der Waals surface area (Å²) in [6.45, 7) is 2.48. The molecule has 1 amide bonds. The summed E-state index contributed by atoms with van der Waals surface area (Å²) in [6.07, 6.45) is 9.94. The van der Waals surface area contributed by atoms with E-state index in [4.69, 9.17) is 10.5 Å². The maximum absolute atomic E-state index is 12.3. The number of nitrogens with two attached hydrogens (primary N) is 1. The molecule has 5 nitrogen and oxygen atoms in total. The van der Waals surface area contributed by atoms with Crippen LogP contribution in [0.3, 0.4) is 0 Å². The predicted octanol–water partition coefficient (Wildman–Crippen LogP) is 3.36. The minimum atomic E-state index is -0.692. The van der Waals surface area contributed by atoms with Gasteiger partial charge in [-0.3, -0.25) is 4.79 Å². The lowest BCUT2D eigenvalue weighted by molar-refractivity contribution is -0.147. The summed E-state index contributed by atoms with van der Waals surface area (Å²) in [5, 5.41) is 2.66. The van der Waals surface area contributed by atoms with Crippen molar-refractivity contribution in [3.63, 3.8) is 0 Å². The lowest BCUT2D eigenvalue weighted by Crippen LogP contribution is -2.45. The fraction of sp³-hybridized carbons (Fsp3) is 0.619. The van der Waals surface area contributed by atoms with Gasteiger partial charge in [0, 0.05) is 6.42 Å². The smallest absolute Gasteiger partial charge is 0.328 e. The molecule has 1 aromatic carbocycles. The van der Waals surface area contributed by atoms with Gasteiger partial charge < -0.3 is 15.8 Å². The first-order valence-electron chi connectivity index (χ1n) is 9.87. The molecule has 0 aliphatic carbocycles. The van der Waals surface area contributed by atoms with Crippen LogP contribution in [-0.4, -0.2) is 31.1 Å². The number of unbranched alkanes of at least 4 members (excludes halogenated alkanes) is 7. The number of hydrogen-bond donors (Lipinski definition) is 2. The lowest BCUT2D eigenvalue weighted by atomic mass is 10.1.